The molecule has 0 spiro atoms. The highest BCUT2D eigenvalue weighted by Crippen LogP contribution is 2.17. The number of amides is 1. The molecule has 0 fully saturated rings. The molecule has 4 nitrogen and oxygen atoms in total. The van der Waals surface area contributed by atoms with Gasteiger partial charge in [0.05, 0.1) is 5.02 Å². The van der Waals surface area contributed by atoms with Crippen molar-refractivity contribution in [2.45, 2.75) is 0 Å². The molecule has 0 aliphatic carbocycles. The number of aromatic nitrogens is 2. The summed E-state index contributed by atoms with van der Waals surface area (Å²) >= 11 is 5.76. The number of halogens is 1. The van der Waals surface area contributed by atoms with Crippen molar-refractivity contribution in [1.82, 2.24) is 15.3 Å². The van der Waals surface area contributed by atoms with Crippen LogP contribution in [0.5, 0.6) is 0 Å². The van der Waals surface area contributed by atoms with Crippen LogP contribution < -0.4 is 5.32 Å². The van der Waals surface area contributed by atoms with Gasteiger partial charge >= 0.3 is 0 Å². The van der Waals surface area contributed by atoms with Gasteiger partial charge in [-0.15, -0.1) is 0 Å². The third-order valence-corrected chi connectivity index (χ3v) is 2.12. The van der Waals surface area contributed by atoms with Gasteiger partial charge in [-0.1, -0.05) is 11.6 Å². The van der Waals surface area contributed by atoms with Crippen molar-refractivity contribution < 1.29 is 4.79 Å². The van der Waals surface area contributed by atoms with Gasteiger partial charge in [-0.05, 0) is 12.1 Å². The van der Waals surface area contributed by atoms with Crippen LogP contribution in [0.25, 0.3) is 11.0 Å². The number of hydrogen-bond acceptors (Lipinski definition) is 2. The summed E-state index contributed by atoms with van der Waals surface area (Å²) in [6.45, 7) is 0. The summed E-state index contributed by atoms with van der Waals surface area (Å²) in [7, 11) is 1.58. The lowest BCUT2D eigenvalue weighted by Gasteiger charge is -1.92. The largest absolute Gasteiger partial charge is 0.354 e. The molecule has 0 saturated carbocycles. The summed E-state index contributed by atoms with van der Waals surface area (Å²) in [5.41, 5.74) is 1.14. The molecule has 5 heteroatoms. The van der Waals surface area contributed by atoms with E-state index < -0.39 is 0 Å². The molecule has 0 aromatic carbocycles. The molecule has 0 saturated heterocycles. The van der Waals surface area contributed by atoms with Crippen LogP contribution in [0.1, 0.15) is 10.5 Å². The summed E-state index contributed by atoms with van der Waals surface area (Å²) in [6.07, 6.45) is 1.54. The van der Waals surface area contributed by atoms with Crippen LogP contribution in [0, 0.1) is 0 Å². The van der Waals surface area contributed by atoms with Gasteiger partial charge in [-0.2, -0.15) is 0 Å². The predicted molar refractivity (Wildman–Crippen MR) is 54.5 cm³/mol. The summed E-state index contributed by atoms with van der Waals surface area (Å²) in [5, 5.41) is 3.91. The van der Waals surface area contributed by atoms with Gasteiger partial charge in [0, 0.05) is 18.6 Å². The van der Waals surface area contributed by atoms with E-state index in [1.165, 1.54) is 6.20 Å². The van der Waals surface area contributed by atoms with Gasteiger partial charge in [0.15, 0.2) is 0 Å². The maximum atomic E-state index is 11.3. The zero-order valence-electron chi connectivity index (χ0n) is 7.47. The molecule has 0 aliphatic rings. The molecule has 72 valence electrons. The Morgan fingerprint density at radius 3 is 3.07 bits per heavy atom. The second kappa shape index (κ2) is 3.31. The minimum atomic E-state index is -0.167. The minimum absolute atomic E-state index is 0.167. The molecular formula is C9H8ClN3O. The number of pyridine rings is 1. The lowest BCUT2D eigenvalue weighted by molar-refractivity contribution is 0.0959. The van der Waals surface area contributed by atoms with Gasteiger partial charge in [0.25, 0.3) is 5.91 Å². The Bertz CT molecular complexity index is 492. The van der Waals surface area contributed by atoms with E-state index in [0.717, 1.165) is 5.39 Å². The van der Waals surface area contributed by atoms with Crippen molar-refractivity contribution in [3.8, 4) is 0 Å². The number of H-pyrrole nitrogens is 1. The zero-order chi connectivity index (χ0) is 10.1. The summed E-state index contributed by atoms with van der Waals surface area (Å²) in [5.74, 6) is -0.167. The van der Waals surface area contributed by atoms with Crippen LogP contribution in [0.15, 0.2) is 18.3 Å². The second-order valence-corrected chi connectivity index (χ2v) is 3.29. The van der Waals surface area contributed by atoms with Gasteiger partial charge in [-0.25, -0.2) is 4.98 Å². The molecule has 2 aromatic heterocycles. The number of carbonyl (C=O) groups is 1. The number of aromatic amines is 1. The van der Waals surface area contributed by atoms with Crippen LogP contribution in [0.3, 0.4) is 0 Å². The number of carbonyl (C=O) groups excluding carboxylic acids is 1. The monoisotopic (exact) mass is 209 g/mol. The van der Waals surface area contributed by atoms with E-state index in [4.69, 9.17) is 11.6 Å². The van der Waals surface area contributed by atoms with E-state index in [-0.39, 0.29) is 5.91 Å². The van der Waals surface area contributed by atoms with Crippen LogP contribution >= 0.6 is 11.6 Å². The smallest absolute Gasteiger partial charge is 0.267 e. The van der Waals surface area contributed by atoms with Crippen molar-refractivity contribution in [3.05, 3.63) is 29.0 Å². The molecule has 2 N–H and O–H groups in total. The fourth-order valence-electron chi connectivity index (χ4n) is 1.25. The van der Waals surface area contributed by atoms with Crippen molar-refractivity contribution >= 4 is 28.5 Å². The first-order valence-corrected chi connectivity index (χ1v) is 4.45. The molecule has 0 aliphatic heterocycles. The minimum Gasteiger partial charge on any atom is -0.354 e. The molecule has 2 heterocycles. The first kappa shape index (κ1) is 9.02. The molecule has 14 heavy (non-hydrogen) atoms. The highest BCUT2D eigenvalue weighted by molar-refractivity contribution is 6.31. The molecule has 0 radical (unpaired) electrons. The van der Waals surface area contributed by atoms with Crippen molar-refractivity contribution in [3.63, 3.8) is 0 Å². The Morgan fingerprint density at radius 1 is 1.57 bits per heavy atom. The van der Waals surface area contributed by atoms with Gasteiger partial charge in [-0.3, -0.25) is 4.79 Å². The average Bonchev–Trinajstić information content (AvgIpc) is 2.59. The predicted octanol–water partition coefficient (Wildman–Crippen LogP) is 1.58. The van der Waals surface area contributed by atoms with E-state index in [2.05, 4.69) is 15.3 Å². The van der Waals surface area contributed by atoms with E-state index in [1.807, 2.05) is 0 Å². The Kier molecular flexibility index (Phi) is 2.13. The molecule has 0 unspecified atom stereocenters. The fourth-order valence-corrected chi connectivity index (χ4v) is 1.41. The second-order valence-electron chi connectivity index (χ2n) is 2.85. The topological polar surface area (TPSA) is 57.8 Å². The summed E-state index contributed by atoms with van der Waals surface area (Å²) < 4.78 is 0. The molecule has 2 rings (SSSR count). The van der Waals surface area contributed by atoms with Gasteiger partial charge in [0.2, 0.25) is 0 Å². The van der Waals surface area contributed by atoms with E-state index in [1.54, 1.807) is 19.2 Å². The normalized spacial score (nSPS) is 10.4. The van der Waals surface area contributed by atoms with Crippen LogP contribution in [-0.4, -0.2) is 22.9 Å². The first-order valence-electron chi connectivity index (χ1n) is 4.07. The Balaban J connectivity index is 2.56. The molecule has 2 aromatic rings. The number of nitrogens with one attached hydrogen (secondary N) is 2. The van der Waals surface area contributed by atoms with Gasteiger partial charge in [0.1, 0.15) is 11.3 Å². The molecule has 1 amide bonds. The molecular weight excluding hydrogens is 202 g/mol. The maximum Gasteiger partial charge on any atom is 0.267 e. The van der Waals surface area contributed by atoms with E-state index in [9.17, 15) is 4.79 Å². The fraction of sp³-hybridized carbons (Fsp3) is 0.111. The third kappa shape index (κ3) is 1.44. The Morgan fingerprint density at radius 2 is 2.36 bits per heavy atom. The van der Waals surface area contributed by atoms with Crippen LogP contribution in [0.4, 0.5) is 0 Å². The van der Waals surface area contributed by atoms with E-state index in [0.29, 0.717) is 16.4 Å². The highest BCUT2D eigenvalue weighted by Gasteiger charge is 2.07. The van der Waals surface area contributed by atoms with Crippen LogP contribution in [0.2, 0.25) is 5.02 Å². The number of hydrogen-bond donors (Lipinski definition) is 2. The Labute approximate surface area is 85.3 Å². The summed E-state index contributed by atoms with van der Waals surface area (Å²) in [6, 6.07) is 3.47. The SMILES string of the molecule is CNC(=O)c1cc2cc(Cl)cnc2[nH]1. The van der Waals surface area contributed by atoms with Crippen molar-refractivity contribution in [2.24, 2.45) is 0 Å². The standard InChI is InChI=1S/C9H8ClN3O/c1-11-9(14)7-3-5-2-6(10)4-12-8(5)13-7/h2-4H,1H3,(H,11,14)(H,12,13). The number of nitrogens with zero attached hydrogens (tertiary/aromatic N) is 1. The molecule has 0 bridgehead atoms. The quantitative estimate of drug-likeness (QED) is 0.749. The zero-order valence-corrected chi connectivity index (χ0v) is 8.22. The molecule has 0 atom stereocenters. The maximum absolute atomic E-state index is 11.3. The van der Waals surface area contributed by atoms with E-state index >= 15 is 0 Å². The van der Waals surface area contributed by atoms with Crippen molar-refractivity contribution in [1.29, 1.82) is 0 Å². The lowest BCUT2D eigenvalue weighted by Crippen LogP contribution is -2.17. The third-order valence-electron chi connectivity index (χ3n) is 1.91. The number of fused-ring (bicyclic) bond motifs is 1. The summed E-state index contributed by atoms with van der Waals surface area (Å²) in [4.78, 5) is 18.2. The van der Waals surface area contributed by atoms with Crippen molar-refractivity contribution in [2.75, 3.05) is 7.05 Å². The Hall–Kier alpha value is -1.55. The van der Waals surface area contributed by atoms with Gasteiger partial charge < -0.3 is 10.3 Å². The first-order chi connectivity index (χ1) is 6.70. The van der Waals surface area contributed by atoms with Crippen LogP contribution in [-0.2, 0) is 0 Å². The highest BCUT2D eigenvalue weighted by atomic mass is 35.5. The lowest BCUT2D eigenvalue weighted by atomic mass is 10.3. The number of rotatable bonds is 1. The average molecular weight is 210 g/mol.